The van der Waals surface area contributed by atoms with E-state index in [-0.39, 0.29) is 11.2 Å². The first-order valence-corrected chi connectivity index (χ1v) is 6.32. The van der Waals surface area contributed by atoms with Crippen LogP contribution in [0.5, 0.6) is 5.75 Å². The predicted octanol–water partition coefficient (Wildman–Crippen LogP) is 5.05. The number of phenolic OH excluding ortho intramolecular Hbond substituents is 1. The number of aromatic hydroxyl groups is 1. The minimum absolute atomic E-state index is 0.0535. The molecule has 0 saturated carbocycles. The van der Waals surface area contributed by atoms with Gasteiger partial charge in [0, 0.05) is 0 Å². The number of benzene rings is 1. The number of alkyl halides is 3. The molecule has 0 aliphatic heterocycles. The average molecular weight is 274 g/mol. The maximum atomic E-state index is 12.5. The van der Waals surface area contributed by atoms with Gasteiger partial charge in [0.05, 0.1) is 6.42 Å². The predicted molar refractivity (Wildman–Crippen MR) is 70.6 cm³/mol. The smallest absolute Gasteiger partial charge is 0.389 e. The molecule has 1 N–H and O–H groups in total. The fourth-order valence-corrected chi connectivity index (χ4v) is 2.37. The van der Waals surface area contributed by atoms with Crippen LogP contribution in [0.25, 0.3) is 0 Å². The van der Waals surface area contributed by atoms with Crippen molar-refractivity contribution in [1.29, 1.82) is 0 Å². The Morgan fingerprint density at radius 3 is 2.11 bits per heavy atom. The van der Waals surface area contributed by atoms with E-state index in [0.717, 1.165) is 11.1 Å². The Hall–Kier alpha value is -1.19. The zero-order chi connectivity index (χ0) is 15.0. The van der Waals surface area contributed by atoms with Gasteiger partial charge >= 0.3 is 6.18 Å². The van der Waals surface area contributed by atoms with E-state index < -0.39 is 18.5 Å². The highest BCUT2D eigenvalue weighted by Gasteiger charge is 2.32. The average Bonchev–Trinajstić information content (AvgIpc) is 2.11. The molecule has 1 rings (SSSR count). The third-order valence-corrected chi connectivity index (χ3v) is 3.25. The highest BCUT2D eigenvalue weighted by atomic mass is 19.4. The molecule has 1 nitrogen and oxygen atoms in total. The normalized spacial score (nSPS) is 14.5. The molecule has 1 unspecified atom stereocenters. The fraction of sp³-hybridized carbons (Fsp3) is 0.600. The molecule has 1 aromatic carbocycles. The van der Waals surface area contributed by atoms with Crippen molar-refractivity contribution < 1.29 is 18.3 Å². The topological polar surface area (TPSA) is 20.2 Å². The quantitative estimate of drug-likeness (QED) is 0.799. The molecule has 0 aromatic heterocycles. The van der Waals surface area contributed by atoms with Crippen molar-refractivity contribution in [3.63, 3.8) is 0 Å². The van der Waals surface area contributed by atoms with Crippen LogP contribution < -0.4 is 0 Å². The molecule has 0 bridgehead atoms. The fourth-order valence-electron chi connectivity index (χ4n) is 2.37. The summed E-state index contributed by atoms with van der Waals surface area (Å²) in [6.07, 6.45) is -5.15. The van der Waals surface area contributed by atoms with E-state index in [4.69, 9.17) is 0 Å². The zero-order valence-corrected chi connectivity index (χ0v) is 12.0. The van der Waals surface area contributed by atoms with Crippen LogP contribution in [0.2, 0.25) is 0 Å². The Kier molecular flexibility index (Phi) is 4.23. The highest BCUT2D eigenvalue weighted by molar-refractivity contribution is 5.45. The van der Waals surface area contributed by atoms with Gasteiger partial charge in [0.2, 0.25) is 0 Å². The summed E-state index contributed by atoms with van der Waals surface area (Å²) in [5.74, 6) is -0.802. The van der Waals surface area contributed by atoms with E-state index in [0.29, 0.717) is 5.56 Å². The molecule has 0 heterocycles. The number of phenols is 1. The Morgan fingerprint density at radius 2 is 1.68 bits per heavy atom. The van der Waals surface area contributed by atoms with E-state index >= 15 is 0 Å². The molecule has 0 aliphatic carbocycles. The van der Waals surface area contributed by atoms with Gasteiger partial charge in [-0.15, -0.1) is 0 Å². The summed E-state index contributed by atoms with van der Waals surface area (Å²) >= 11 is 0. The summed E-state index contributed by atoms with van der Waals surface area (Å²) in [6, 6.07) is 3.27. The standard InChI is InChI=1S/C15H21F3O/c1-9-6-13(19)11(7-12(9)14(3,4)5)10(2)8-15(16,17)18/h6-7,10,19H,8H2,1-5H3. The minimum atomic E-state index is -4.22. The Bertz CT molecular complexity index is 456. The molecule has 0 amide bonds. The van der Waals surface area contributed by atoms with Gasteiger partial charge in [0.1, 0.15) is 5.75 Å². The van der Waals surface area contributed by atoms with Crippen LogP contribution in [0.3, 0.4) is 0 Å². The first kappa shape index (κ1) is 15.9. The molecule has 1 atom stereocenters. The van der Waals surface area contributed by atoms with Crippen molar-refractivity contribution >= 4 is 0 Å². The van der Waals surface area contributed by atoms with E-state index in [9.17, 15) is 18.3 Å². The van der Waals surface area contributed by atoms with E-state index in [2.05, 4.69) is 0 Å². The number of halogens is 3. The summed E-state index contributed by atoms with van der Waals surface area (Å²) in [4.78, 5) is 0. The van der Waals surface area contributed by atoms with Gasteiger partial charge in [-0.2, -0.15) is 13.2 Å². The first-order valence-electron chi connectivity index (χ1n) is 6.32. The van der Waals surface area contributed by atoms with Crippen molar-refractivity contribution in [2.45, 2.75) is 58.5 Å². The lowest BCUT2D eigenvalue weighted by Gasteiger charge is -2.25. The molecule has 1 aromatic rings. The van der Waals surface area contributed by atoms with Gasteiger partial charge in [-0.1, -0.05) is 33.8 Å². The largest absolute Gasteiger partial charge is 0.508 e. The maximum absolute atomic E-state index is 12.5. The van der Waals surface area contributed by atoms with Gasteiger partial charge in [0.15, 0.2) is 0 Å². The van der Waals surface area contributed by atoms with Crippen LogP contribution >= 0.6 is 0 Å². The van der Waals surface area contributed by atoms with Crippen LogP contribution in [0, 0.1) is 6.92 Å². The molecule has 0 aliphatic rings. The molecule has 19 heavy (non-hydrogen) atoms. The van der Waals surface area contributed by atoms with Crippen molar-refractivity contribution in [3.05, 3.63) is 28.8 Å². The molecule has 0 saturated heterocycles. The third kappa shape index (κ3) is 4.15. The van der Waals surface area contributed by atoms with Crippen LogP contribution in [0.15, 0.2) is 12.1 Å². The molecule has 108 valence electrons. The van der Waals surface area contributed by atoms with Crippen LogP contribution in [-0.2, 0) is 5.41 Å². The highest BCUT2D eigenvalue weighted by Crippen LogP contribution is 2.38. The number of rotatable bonds is 2. The van der Waals surface area contributed by atoms with Gasteiger partial charge in [-0.3, -0.25) is 0 Å². The monoisotopic (exact) mass is 274 g/mol. The van der Waals surface area contributed by atoms with Crippen LogP contribution in [-0.4, -0.2) is 11.3 Å². The van der Waals surface area contributed by atoms with Gasteiger partial charge in [0.25, 0.3) is 0 Å². The lowest BCUT2D eigenvalue weighted by Crippen LogP contribution is -2.16. The van der Waals surface area contributed by atoms with Gasteiger partial charge in [-0.25, -0.2) is 0 Å². The van der Waals surface area contributed by atoms with Crippen LogP contribution in [0.4, 0.5) is 13.2 Å². The second-order valence-corrected chi connectivity index (χ2v) is 6.20. The number of hydrogen-bond donors (Lipinski definition) is 1. The first-order chi connectivity index (χ1) is 8.42. The van der Waals surface area contributed by atoms with Gasteiger partial charge < -0.3 is 5.11 Å². The summed E-state index contributed by atoms with van der Waals surface area (Å²) in [5.41, 5.74) is 2.07. The summed E-state index contributed by atoms with van der Waals surface area (Å²) in [7, 11) is 0. The second kappa shape index (κ2) is 5.06. The maximum Gasteiger partial charge on any atom is 0.389 e. The van der Waals surface area contributed by atoms with E-state index in [1.165, 1.54) is 6.92 Å². The summed E-state index contributed by atoms with van der Waals surface area (Å²) in [5, 5.41) is 9.88. The van der Waals surface area contributed by atoms with Crippen molar-refractivity contribution in [1.82, 2.24) is 0 Å². The summed E-state index contributed by atoms with van der Waals surface area (Å²) < 4.78 is 37.4. The minimum Gasteiger partial charge on any atom is -0.508 e. The zero-order valence-electron chi connectivity index (χ0n) is 12.0. The third-order valence-electron chi connectivity index (χ3n) is 3.25. The SMILES string of the molecule is Cc1cc(O)c(C(C)CC(F)(F)F)cc1C(C)(C)C. The van der Waals surface area contributed by atoms with E-state index in [1.807, 2.05) is 27.7 Å². The molecule has 4 heteroatoms. The Labute approximate surface area is 112 Å². The molecular formula is C15H21F3O. The Morgan fingerprint density at radius 1 is 1.16 bits per heavy atom. The Balaban J connectivity index is 3.22. The molecule has 0 fully saturated rings. The number of aryl methyl sites for hydroxylation is 1. The molecule has 0 spiro atoms. The van der Waals surface area contributed by atoms with Crippen LogP contribution in [0.1, 0.15) is 56.7 Å². The van der Waals surface area contributed by atoms with Crippen molar-refractivity contribution in [3.8, 4) is 5.75 Å². The molecular weight excluding hydrogens is 253 g/mol. The molecule has 0 radical (unpaired) electrons. The van der Waals surface area contributed by atoms with E-state index in [1.54, 1.807) is 12.1 Å². The van der Waals surface area contributed by atoms with Crippen molar-refractivity contribution in [2.75, 3.05) is 0 Å². The second-order valence-electron chi connectivity index (χ2n) is 6.20. The van der Waals surface area contributed by atoms with Crippen molar-refractivity contribution in [2.24, 2.45) is 0 Å². The number of hydrogen-bond acceptors (Lipinski definition) is 1. The lowest BCUT2D eigenvalue weighted by molar-refractivity contribution is -0.137. The van der Waals surface area contributed by atoms with Gasteiger partial charge in [-0.05, 0) is 41.0 Å². The summed E-state index contributed by atoms with van der Waals surface area (Å²) in [6.45, 7) is 9.36. The lowest BCUT2D eigenvalue weighted by atomic mass is 9.81.